The predicted octanol–water partition coefficient (Wildman–Crippen LogP) is 4.21. The van der Waals surface area contributed by atoms with E-state index in [1.54, 1.807) is 5.56 Å². The van der Waals surface area contributed by atoms with Crippen molar-refractivity contribution in [1.82, 2.24) is 4.98 Å². The minimum absolute atomic E-state index is 0.450. The monoisotopic (exact) mass is 246 g/mol. The van der Waals surface area contributed by atoms with Crippen molar-refractivity contribution in [2.24, 2.45) is 0 Å². The van der Waals surface area contributed by atoms with Crippen molar-refractivity contribution in [3.8, 4) is 0 Å². The third-order valence-corrected chi connectivity index (χ3v) is 3.80. The Morgan fingerprint density at radius 2 is 1.61 bits per heavy atom. The van der Waals surface area contributed by atoms with E-state index in [0.717, 1.165) is 5.82 Å². The second-order valence-electron chi connectivity index (χ2n) is 6.09. The summed E-state index contributed by atoms with van der Waals surface area (Å²) in [6, 6.07) is 0.450. The zero-order valence-electron chi connectivity index (χ0n) is 12.4. The van der Waals surface area contributed by atoms with Crippen LogP contribution in [0.2, 0.25) is 0 Å². The predicted molar refractivity (Wildman–Crippen MR) is 78.5 cm³/mol. The van der Waals surface area contributed by atoms with Crippen molar-refractivity contribution in [2.75, 3.05) is 5.32 Å². The maximum absolute atomic E-state index is 4.91. The average Bonchev–Trinajstić information content (AvgIpc) is 2.32. The van der Waals surface area contributed by atoms with Gasteiger partial charge in [-0.15, -0.1) is 0 Å². The minimum atomic E-state index is 0.450. The molecule has 1 N–H and O–H groups in total. The summed E-state index contributed by atoms with van der Waals surface area (Å²) >= 11 is 0. The lowest BCUT2D eigenvalue weighted by Crippen LogP contribution is -2.18. The van der Waals surface area contributed by atoms with Crippen LogP contribution in [0.15, 0.2) is 0 Å². The highest BCUT2D eigenvalue weighted by Gasteiger charge is 2.21. The third-order valence-electron chi connectivity index (χ3n) is 3.80. The number of hydrogen-bond acceptors (Lipinski definition) is 2. The lowest BCUT2D eigenvalue weighted by molar-refractivity contribution is 0.668. The summed E-state index contributed by atoms with van der Waals surface area (Å²) in [5.41, 5.74) is 5.77. The normalized spacial score (nSPS) is 15.1. The van der Waals surface area contributed by atoms with Crippen molar-refractivity contribution in [2.45, 2.75) is 72.3 Å². The van der Waals surface area contributed by atoms with E-state index in [4.69, 9.17) is 4.98 Å². The van der Waals surface area contributed by atoms with Crippen molar-refractivity contribution < 1.29 is 0 Å². The van der Waals surface area contributed by atoms with Gasteiger partial charge in [0.05, 0.1) is 0 Å². The van der Waals surface area contributed by atoms with Gasteiger partial charge in [0, 0.05) is 11.7 Å². The molecule has 0 bridgehead atoms. The van der Waals surface area contributed by atoms with Gasteiger partial charge in [-0.1, -0.05) is 13.8 Å². The van der Waals surface area contributed by atoms with Gasteiger partial charge in [-0.3, -0.25) is 0 Å². The first kappa shape index (κ1) is 13.4. The highest BCUT2D eigenvalue weighted by Crippen LogP contribution is 2.33. The van der Waals surface area contributed by atoms with Gasteiger partial charge in [0.2, 0.25) is 0 Å². The van der Waals surface area contributed by atoms with Crippen LogP contribution in [-0.4, -0.2) is 11.0 Å². The molecular weight excluding hydrogens is 220 g/mol. The number of pyridine rings is 1. The summed E-state index contributed by atoms with van der Waals surface area (Å²) in [6.07, 6.45) is 5.06. The Hall–Kier alpha value is -1.05. The quantitative estimate of drug-likeness (QED) is 0.864. The first-order valence-electron chi connectivity index (χ1n) is 7.29. The first-order chi connectivity index (χ1) is 8.50. The molecule has 0 amide bonds. The maximum atomic E-state index is 4.91. The molecule has 0 aliphatic heterocycles. The van der Waals surface area contributed by atoms with E-state index in [9.17, 15) is 0 Å². The molecule has 100 valence electrons. The Kier molecular flexibility index (Phi) is 3.94. The van der Waals surface area contributed by atoms with Gasteiger partial charge in [-0.05, 0) is 69.1 Å². The number of fused-ring (bicyclic) bond motifs is 1. The average molecular weight is 246 g/mol. The van der Waals surface area contributed by atoms with Crippen LogP contribution in [-0.2, 0) is 12.8 Å². The van der Waals surface area contributed by atoms with E-state index in [0.29, 0.717) is 12.0 Å². The van der Waals surface area contributed by atoms with E-state index in [-0.39, 0.29) is 0 Å². The molecule has 1 heterocycles. The fourth-order valence-electron chi connectivity index (χ4n) is 2.96. The van der Waals surface area contributed by atoms with Crippen LogP contribution in [0.3, 0.4) is 0 Å². The minimum Gasteiger partial charge on any atom is -0.368 e. The zero-order valence-corrected chi connectivity index (χ0v) is 12.4. The molecule has 0 spiro atoms. The van der Waals surface area contributed by atoms with Crippen molar-refractivity contribution in [3.63, 3.8) is 0 Å². The first-order valence-corrected chi connectivity index (χ1v) is 7.29. The molecular formula is C16H26N2. The SMILES string of the molecule is Cc1c(C(C)C)nc(NC(C)C)c2c1CCCC2. The summed E-state index contributed by atoms with van der Waals surface area (Å²) in [5, 5.41) is 3.54. The molecule has 0 unspecified atom stereocenters. The fraction of sp³-hybridized carbons (Fsp3) is 0.688. The molecule has 0 aromatic carbocycles. The van der Waals surface area contributed by atoms with Crippen LogP contribution >= 0.6 is 0 Å². The highest BCUT2D eigenvalue weighted by molar-refractivity contribution is 5.55. The van der Waals surface area contributed by atoms with E-state index in [2.05, 4.69) is 39.9 Å². The van der Waals surface area contributed by atoms with Gasteiger partial charge >= 0.3 is 0 Å². The Morgan fingerprint density at radius 1 is 1.00 bits per heavy atom. The molecule has 2 heteroatoms. The summed E-state index contributed by atoms with van der Waals surface area (Å²) in [7, 11) is 0. The van der Waals surface area contributed by atoms with Crippen molar-refractivity contribution >= 4 is 5.82 Å². The van der Waals surface area contributed by atoms with Crippen LogP contribution in [0.5, 0.6) is 0 Å². The lowest BCUT2D eigenvalue weighted by atomic mass is 9.86. The molecule has 0 radical (unpaired) electrons. The van der Waals surface area contributed by atoms with Gasteiger partial charge in [-0.2, -0.15) is 0 Å². The number of rotatable bonds is 3. The summed E-state index contributed by atoms with van der Waals surface area (Å²) < 4.78 is 0. The van der Waals surface area contributed by atoms with Gasteiger partial charge in [0.1, 0.15) is 5.82 Å². The number of nitrogens with one attached hydrogen (secondary N) is 1. The van der Waals surface area contributed by atoms with Gasteiger partial charge in [-0.25, -0.2) is 4.98 Å². The molecule has 0 fully saturated rings. The van der Waals surface area contributed by atoms with Crippen LogP contribution in [0.1, 0.15) is 68.8 Å². The highest BCUT2D eigenvalue weighted by atomic mass is 15.0. The van der Waals surface area contributed by atoms with Crippen LogP contribution in [0.25, 0.3) is 0 Å². The topological polar surface area (TPSA) is 24.9 Å². The smallest absolute Gasteiger partial charge is 0.129 e. The summed E-state index contributed by atoms with van der Waals surface area (Å²) in [5.74, 6) is 1.65. The molecule has 1 aliphatic rings. The standard InChI is InChI=1S/C16H26N2/c1-10(2)15-12(5)13-8-6-7-9-14(13)16(18-15)17-11(3)4/h10-11H,6-9H2,1-5H3,(H,17,18). The molecule has 18 heavy (non-hydrogen) atoms. The number of aromatic nitrogens is 1. The van der Waals surface area contributed by atoms with Gasteiger partial charge < -0.3 is 5.32 Å². The second-order valence-corrected chi connectivity index (χ2v) is 6.09. The molecule has 1 aromatic rings. The maximum Gasteiger partial charge on any atom is 0.129 e. The van der Waals surface area contributed by atoms with E-state index >= 15 is 0 Å². The number of nitrogens with zero attached hydrogens (tertiary/aromatic N) is 1. The Balaban J connectivity index is 2.54. The van der Waals surface area contributed by atoms with E-state index in [1.807, 2.05) is 0 Å². The second kappa shape index (κ2) is 5.29. The Labute approximate surface area is 111 Å². The number of hydrogen-bond donors (Lipinski definition) is 1. The van der Waals surface area contributed by atoms with Gasteiger partial charge in [0.15, 0.2) is 0 Å². The van der Waals surface area contributed by atoms with E-state index in [1.165, 1.54) is 42.5 Å². The van der Waals surface area contributed by atoms with E-state index < -0.39 is 0 Å². The van der Waals surface area contributed by atoms with Crippen LogP contribution < -0.4 is 5.32 Å². The molecule has 2 nitrogen and oxygen atoms in total. The summed E-state index contributed by atoms with van der Waals surface area (Å²) in [6.45, 7) is 11.1. The third kappa shape index (κ3) is 2.52. The lowest BCUT2D eigenvalue weighted by Gasteiger charge is -2.25. The van der Waals surface area contributed by atoms with Crippen molar-refractivity contribution in [1.29, 1.82) is 0 Å². The molecule has 0 atom stereocenters. The Morgan fingerprint density at radius 3 is 2.17 bits per heavy atom. The zero-order chi connectivity index (χ0) is 13.3. The molecule has 0 saturated heterocycles. The molecule has 0 saturated carbocycles. The number of anilines is 1. The van der Waals surface area contributed by atoms with Crippen LogP contribution in [0.4, 0.5) is 5.82 Å². The molecule has 2 rings (SSSR count). The van der Waals surface area contributed by atoms with Crippen LogP contribution in [0, 0.1) is 6.92 Å². The van der Waals surface area contributed by atoms with Gasteiger partial charge in [0.25, 0.3) is 0 Å². The molecule has 1 aliphatic carbocycles. The summed E-state index contributed by atoms with van der Waals surface area (Å²) in [4.78, 5) is 4.91. The molecule has 1 aromatic heterocycles. The van der Waals surface area contributed by atoms with Crippen molar-refractivity contribution in [3.05, 3.63) is 22.4 Å². The Bertz CT molecular complexity index is 433. The largest absolute Gasteiger partial charge is 0.368 e. The fourth-order valence-corrected chi connectivity index (χ4v) is 2.96.